The topological polar surface area (TPSA) is 37.0 Å². The third-order valence-electron chi connectivity index (χ3n) is 3.21. The monoisotopic (exact) mass is 219 g/mol. The van der Waals surface area contributed by atoms with Crippen LogP contribution in [-0.2, 0) is 0 Å². The van der Waals surface area contributed by atoms with E-state index in [1.807, 2.05) is 12.3 Å². The van der Waals surface area contributed by atoms with Crippen molar-refractivity contribution in [2.45, 2.75) is 38.6 Å². The fraction of sp³-hybridized carbons (Fsp3) is 0.615. The summed E-state index contributed by atoms with van der Waals surface area (Å²) >= 11 is 0. The molecule has 0 amide bonds. The number of pyridine rings is 1. The first kappa shape index (κ1) is 11.4. The number of aryl methyl sites for hydroxylation is 1. The summed E-state index contributed by atoms with van der Waals surface area (Å²) in [5, 5.41) is 6.97. The number of nitrogens with zero attached hydrogens (tertiary/aromatic N) is 1. The molecule has 3 heteroatoms. The third kappa shape index (κ3) is 3.20. The van der Waals surface area contributed by atoms with Crippen LogP contribution in [0.3, 0.4) is 0 Å². The van der Waals surface area contributed by atoms with Crippen LogP contribution in [0.15, 0.2) is 18.3 Å². The second-order valence-electron chi connectivity index (χ2n) is 4.53. The normalized spacial score (nSPS) is 20.7. The van der Waals surface area contributed by atoms with Crippen LogP contribution in [0, 0.1) is 6.92 Å². The molecule has 3 nitrogen and oxygen atoms in total. The van der Waals surface area contributed by atoms with E-state index in [2.05, 4.69) is 28.6 Å². The molecule has 1 atom stereocenters. The molecule has 1 aromatic heterocycles. The van der Waals surface area contributed by atoms with Crippen LogP contribution in [-0.4, -0.2) is 24.1 Å². The van der Waals surface area contributed by atoms with Gasteiger partial charge in [0.05, 0.1) is 0 Å². The molecule has 1 fully saturated rings. The van der Waals surface area contributed by atoms with E-state index in [-0.39, 0.29) is 0 Å². The van der Waals surface area contributed by atoms with E-state index in [0.29, 0.717) is 6.04 Å². The van der Waals surface area contributed by atoms with Gasteiger partial charge in [-0.25, -0.2) is 4.98 Å². The van der Waals surface area contributed by atoms with Crippen LogP contribution >= 0.6 is 0 Å². The summed E-state index contributed by atoms with van der Waals surface area (Å²) < 4.78 is 0. The van der Waals surface area contributed by atoms with Gasteiger partial charge >= 0.3 is 0 Å². The minimum absolute atomic E-state index is 0.699. The van der Waals surface area contributed by atoms with Crippen molar-refractivity contribution in [3.63, 3.8) is 0 Å². The van der Waals surface area contributed by atoms with Crippen LogP contribution in [0.2, 0.25) is 0 Å². The number of piperidine rings is 1. The van der Waals surface area contributed by atoms with E-state index < -0.39 is 0 Å². The predicted octanol–water partition coefficient (Wildman–Crippen LogP) is 2.33. The van der Waals surface area contributed by atoms with E-state index >= 15 is 0 Å². The van der Waals surface area contributed by atoms with Crippen LogP contribution in [0.25, 0.3) is 0 Å². The molecule has 1 aliphatic rings. The van der Waals surface area contributed by atoms with E-state index in [0.717, 1.165) is 12.4 Å². The lowest BCUT2D eigenvalue weighted by Gasteiger charge is -2.23. The fourth-order valence-corrected chi connectivity index (χ4v) is 2.21. The standard InChI is InChI=1S/C13H21N3/c1-11-5-4-9-15-13(11)16-10-7-12-6-2-3-8-14-12/h4-5,9,12,14H,2-3,6-8,10H2,1H3,(H,15,16). The van der Waals surface area contributed by atoms with Crippen LogP contribution in [0.1, 0.15) is 31.2 Å². The minimum atomic E-state index is 0.699. The molecule has 0 spiro atoms. The summed E-state index contributed by atoms with van der Waals surface area (Å²) in [7, 11) is 0. The lowest BCUT2D eigenvalue weighted by molar-refractivity contribution is 0.389. The number of anilines is 1. The maximum atomic E-state index is 4.33. The molecule has 2 N–H and O–H groups in total. The van der Waals surface area contributed by atoms with Gasteiger partial charge in [-0.3, -0.25) is 0 Å². The van der Waals surface area contributed by atoms with Gasteiger partial charge in [0.15, 0.2) is 0 Å². The predicted molar refractivity (Wildman–Crippen MR) is 67.7 cm³/mol. The van der Waals surface area contributed by atoms with Crippen LogP contribution in [0.4, 0.5) is 5.82 Å². The molecule has 0 bridgehead atoms. The number of hydrogen-bond donors (Lipinski definition) is 2. The Balaban J connectivity index is 1.73. The Morgan fingerprint density at radius 2 is 2.44 bits per heavy atom. The SMILES string of the molecule is Cc1cccnc1NCCC1CCCCN1. The molecule has 2 heterocycles. The van der Waals surface area contributed by atoms with Gasteiger partial charge in [0, 0.05) is 18.8 Å². The Kier molecular flexibility index (Phi) is 4.17. The average molecular weight is 219 g/mol. The first-order chi connectivity index (χ1) is 7.86. The second-order valence-corrected chi connectivity index (χ2v) is 4.53. The van der Waals surface area contributed by atoms with Gasteiger partial charge in [-0.2, -0.15) is 0 Å². The summed E-state index contributed by atoms with van der Waals surface area (Å²) in [6, 6.07) is 4.77. The van der Waals surface area contributed by atoms with Gasteiger partial charge in [-0.1, -0.05) is 12.5 Å². The molecular formula is C13H21N3. The van der Waals surface area contributed by atoms with E-state index in [4.69, 9.17) is 0 Å². The Morgan fingerprint density at radius 1 is 1.50 bits per heavy atom. The highest BCUT2D eigenvalue weighted by molar-refractivity contribution is 5.42. The van der Waals surface area contributed by atoms with Gasteiger partial charge in [-0.15, -0.1) is 0 Å². The minimum Gasteiger partial charge on any atom is -0.370 e. The van der Waals surface area contributed by atoms with Crippen molar-refractivity contribution in [3.8, 4) is 0 Å². The van der Waals surface area contributed by atoms with E-state index in [1.54, 1.807) is 0 Å². The maximum absolute atomic E-state index is 4.33. The van der Waals surface area contributed by atoms with Gasteiger partial charge < -0.3 is 10.6 Å². The van der Waals surface area contributed by atoms with Crippen LogP contribution in [0.5, 0.6) is 0 Å². The molecule has 1 aromatic rings. The van der Waals surface area contributed by atoms with Crippen molar-refractivity contribution >= 4 is 5.82 Å². The smallest absolute Gasteiger partial charge is 0.128 e. The molecule has 0 aromatic carbocycles. The van der Waals surface area contributed by atoms with Crippen molar-refractivity contribution < 1.29 is 0 Å². The van der Waals surface area contributed by atoms with Gasteiger partial charge in [-0.05, 0) is 44.4 Å². The quantitative estimate of drug-likeness (QED) is 0.816. The first-order valence-corrected chi connectivity index (χ1v) is 6.25. The highest BCUT2D eigenvalue weighted by Gasteiger charge is 2.11. The molecule has 16 heavy (non-hydrogen) atoms. The largest absolute Gasteiger partial charge is 0.370 e. The summed E-state index contributed by atoms with van der Waals surface area (Å²) in [5.41, 5.74) is 1.22. The lowest BCUT2D eigenvalue weighted by atomic mass is 10.0. The maximum Gasteiger partial charge on any atom is 0.128 e. The first-order valence-electron chi connectivity index (χ1n) is 6.25. The summed E-state index contributed by atoms with van der Waals surface area (Å²) in [5.74, 6) is 1.03. The fourth-order valence-electron chi connectivity index (χ4n) is 2.21. The summed E-state index contributed by atoms with van der Waals surface area (Å²) in [6.07, 6.45) is 7.07. The van der Waals surface area contributed by atoms with Crippen molar-refractivity contribution in [1.82, 2.24) is 10.3 Å². The zero-order valence-electron chi connectivity index (χ0n) is 10.00. The van der Waals surface area contributed by atoms with E-state index in [9.17, 15) is 0 Å². The van der Waals surface area contributed by atoms with Gasteiger partial charge in [0.25, 0.3) is 0 Å². The summed E-state index contributed by atoms with van der Waals surface area (Å²) in [4.78, 5) is 4.33. The van der Waals surface area contributed by atoms with Crippen molar-refractivity contribution in [2.24, 2.45) is 0 Å². The second kappa shape index (κ2) is 5.85. The third-order valence-corrected chi connectivity index (χ3v) is 3.21. The zero-order valence-corrected chi connectivity index (χ0v) is 10.00. The van der Waals surface area contributed by atoms with Crippen molar-refractivity contribution in [1.29, 1.82) is 0 Å². The Morgan fingerprint density at radius 3 is 3.19 bits per heavy atom. The van der Waals surface area contributed by atoms with Crippen molar-refractivity contribution in [3.05, 3.63) is 23.9 Å². The average Bonchev–Trinajstić information content (AvgIpc) is 2.33. The lowest BCUT2D eigenvalue weighted by Crippen LogP contribution is -2.35. The Hall–Kier alpha value is -1.09. The molecule has 0 saturated carbocycles. The molecule has 1 unspecified atom stereocenters. The number of nitrogens with one attached hydrogen (secondary N) is 2. The number of aromatic nitrogens is 1. The molecule has 0 radical (unpaired) electrons. The molecule has 88 valence electrons. The Labute approximate surface area is 97.7 Å². The highest BCUT2D eigenvalue weighted by atomic mass is 15.0. The van der Waals surface area contributed by atoms with Crippen molar-refractivity contribution in [2.75, 3.05) is 18.4 Å². The zero-order chi connectivity index (χ0) is 11.2. The summed E-state index contributed by atoms with van der Waals surface area (Å²) in [6.45, 7) is 4.29. The molecule has 2 rings (SSSR count). The van der Waals surface area contributed by atoms with Crippen LogP contribution < -0.4 is 10.6 Å². The molecule has 0 aliphatic carbocycles. The number of hydrogen-bond acceptors (Lipinski definition) is 3. The molecular weight excluding hydrogens is 198 g/mol. The van der Waals surface area contributed by atoms with Gasteiger partial charge in [0.2, 0.25) is 0 Å². The van der Waals surface area contributed by atoms with Gasteiger partial charge in [0.1, 0.15) is 5.82 Å². The molecule has 1 aliphatic heterocycles. The Bertz CT molecular complexity index is 319. The molecule has 1 saturated heterocycles. The number of rotatable bonds is 4. The van der Waals surface area contributed by atoms with E-state index in [1.165, 1.54) is 37.8 Å². The highest BCUT2D eigenvalue weighted by Crippen LogP contribution is 2.12.